The molecule has 3 rings (SSSR count). The third-order valence-electron chi connectivity index (χ3n) is 3.31. The molecule has 2 N–H and O–H groups in total. The number of ether oxygens (including phenoxy) is 1. The third-order valence-corrected chi connectivity index (χ3v) is 3.31. The summed E-state index contributed by atoms with van der Waals surface area (Å²) in [6, 6.07) is 5.54. The molecule has 0 spiro atoms. The topological polar surface area (TPSA) is 64.5 Å². The fraction of sp³-hybridized carbons (Fsp3) is 0.500. The van der Waals surface area contributed by atoms with E-state index in [0.717, 1.165) is 30.1 Å². The lowest BCUT2D eigenvalue weighted by Crippen LogP contribution is -2.44. The Kier molecular flexibility index (Phi) is 3.16. The number of nitrogen functional groups attached to an aromatic ring is 1. The van der Waals surface area contributed by atoms with Gasteiger partial charge in [0, 0.05) is 18.8 Å². The van der Waals surface area contributed by atoms with Gasteiger partial charge < -0.3 is 14.9 Å². The second kappa shape index (κ2) is 4.83. The molecule has 2 aromatic rings. The van der Waals surface area contributed by atoms with Crippen LogP contribution in [0.3, 0.4) is 0 Å². The molecule has 1 saturated heterocycles. The number of anilines is 1. The number of nitrogens with two attached hydrogens (primary N) is 1. The molecule has 0 unspecified atom stereocenters. The summed E-state index contributed by atoms with van der Waals surface area (Å²) in [7, 11) is 0. The summed E-state index contributed by atoms with van der Waals surface area (Å²) >= 11 is 0. The minimum absolute atomic E-state index is 0.253. The Morgan fingerprint density at radius 2 is 2.05 bits per heavy atom. The van der Waals surface area contributed by atoms with Crippen molar-refractivity contribution in [2.24, 2.45) is 0 Å². The summed E-state index contributed by atoms with van der Waals surface area (Å²) in [5.41, 5.74) is 8.07. The Balaban J connectivity index is 1.77. The maximum atomic E-state index is 5.75. The van der Waals surface area contributed by atoms with Crippen LogP contribution < -0.4 is 5.73 Å². The predicted molar refractivity (Wildman–Crippen MR) is 73.7 cm³/mol. The Labute approximate surface area is 112 Å². The van der Waals surface area contributed by atoms with Crippen molar-refractivity contribution in [3.05, 3.63) is 24.1 Å². The minimum atomic E-state index is 0.253. The first-order chi connectivity index (χ1) is 9.10. The van der Waals surface area contributed by atoms with Crippen molar-refractivity contribution in [3.8, 4) is 0 Å². The van der Waals surface area contributed by atoms with Gasteiger partial charge in [-0.25, -0.2) is 4.98 Å². The molecule has 1 aromatic carbocycles. The summed E-state index contributed by atoms with van der Waals surface area (Å²) in [5, 5.41) is 0. The van der Waals surface area contributed by atoms with Crippen LogP contribution in [-0.2, 0) is 11.3 Å². The average Bonchev–Trinajstić information content (AvgIpc) is 2.68. The zero-order valence-corrected chi connectivity index (χ0v) is 11.3. The van der Waals surface area contributed by atoms with E-state index in [0.29, 0.717) is 12.2 Å². The van der Waals surface area contributed by atoms with Crippen molar-refractivity contribution < 1.29 is 9.15 Å². The molecule has 1 aliphatic heterocycles. The molecule has 0 radical (unpaired) electrons. The first-order valence-electron chi connectivity index (χ1n) is 6.63. The maximum absolute atomic E-state index is 5.75. The van der Waals surface area contributed by atoms with Crippen LogP contribution in [0.5, 0.6) is 0 Å². The van der Waals surface area contributed by atoms with Crippen LogP contribution in [0, 0.1) is 0 Å². The molecule has 1 fully saturated rings. The number of hydrogen-bond acceptors (Lipinski definition) is 5. The number of oxazole rings is 1. The van der Waals surface area contributed by atoms with Gasteiger partial charge in [0.2, 0.25) is 5.89 Å². The highest BCUT2D eigenvalue weighted by Crippen LogP contribution is 2.20. The second-order valence-electron chi connectivity index (χ2n) is 5.29. The van der Waals surface area contributed by atoms with Crippen LogP contribution in [0.4, 0.5) is 5.69 Å². The SMILES string of the molecule is C[C@@H]1CN(Cc2nc3cc(N)ccc3o2)C[C@H](C)O1. The number of rotatable bonds is 2. The van der Waals surface area contributed by atoms with Gasteiger partial charge in [-0.15, -0.1) is 0 Å². The van der Waals surface area contributed by atoms with Crippen molar-refractivity contribution >= 4 is 16.8 Å². The van der Waals surface area contributed by atoms with Gasteiger partial charge in [0.15, 0.2) is 5.58 Å². The summed E-state index contributed by atoms with van der Waals surface area (Å²) in [5.74, 6) is 0.738. The molecule has 0 bridgehead atoms. The van der Waals surface area contributed by atoms with Crippen LogP contribution in [0.15, 0.2) is 22.6 Å². The normalized spacial score (nSPS) is 24.9. The molecular weight excluding hydrogens is 242 g/mol. The van der Waals surface area contributed by atoms with Crippen molar-refractivity contribution in [2.75, 3.05) is 18.8 Å². The van der Waals surface area contributed by atoms with E-state index >= 15 is 0 Å². The van der Waals surface area contributed by atoms with Crippen molar-refractivity contribution in [1.82, 2.24) is 9.88 Å². The Morgan fingerprint density at radius 3 is 2.79 bits per heavy atom. The average molecular weight is 261 g/mol. The van der Waals surface area contributed by atoms with Crippen LogP contribution in [-0.4, -0.2) is 35.2 Å². The first-order valence-corrected chi connectivity index (χ1v) is 6.63. The monoisotopic (exact) mass is 261 g/mol. The molecule has 102 valence electrons. The smallest absolute Gasteiger partial charge is 0.209 e. The number of aromatic nitrogens is 1. The minimum Gasteiger partial charge on any atom is -0.439 e. The predicted octanol–water partition coefficient (Wildman–Crippen LogP) is 2.02. The van der Waals surface area contributed by atoms with Gasteiger partial charge in [-0.1, -0.05) is 0 Å². The summed E-state index contributed by atoms with van der Waals surface area (Å²) in [4.78, 5) is 6.80. The highest BCUT2D eigenvalue weighted by Gasteiger charge is 2.23. The number of benzene rings is 1. The third kappa shape index (κ3) is 2.72. The fourth-order valence-electron chi connectivity index (χ4n) is 2.66. The highest BCUT2D eigenvalue weighted by atomic mass is 16.5. The zero-order chi connectivity index (χ0) is 13.4. The molecule has 0 amide bonds. The molecular formula is C14H19N3O2. The van der Waals surface area contributed by atoms with E-state index < -0.39 is 0 Å². The zero-order valence-electron chi connectivity index (χ0n) is 11.3. The van der Waals surface area contributed by atoms with E-state index in [2.05, 4.69) is 23.7 Å². The van der Waals surface area contributed by atoms with Gasteiger partial charge in [-0.05, 0) is 32.0 Å². The quantitative estimate of drug-likeness (QED) is 0.838. The molecule has 0 aliphatic carbocycles. The van der Waals surface area contributed by atoms with E-state index in [1.807, 2.05) is 18.2 Å². The molecule has 5 nitrogen and oxygen atoms in total. The van der Waals surface area contributed by atoms with Gasteiger partial charge >= 0.3 is 0 Å². The van der Waals surface area contributed by atoms with Crippen molar-refractivity contribution in [2.45, 2.75) is 32.6 Å². The van der Waals surface area contributed by atoms with Gasteiger partial charge in [0.25, 0.3) is 0 Å². The molecule has 1 aromatic heterocycles. The Morgan fingerprint density at radius 1 is 1.32 bits per heavy atom. The van der Waals surface area contributed by atoms with E-state index in [1.165, 1.54) is 0 Å². The highest BCUT2D eigenvalue weighted by molar-refractivity contribution is 5.76. The van der Waals surface area contributed by atoms with E-state index in [4.69, 9.17) is 14.9 Å². The van der Waals surface area contributed by atoms with Crippen LogP contribution >= 0.6 is 0 Å². The maximum Gasteiger partial charge on any atom is 0.209 e. The van der Waals surface area contributed by atoms with Crippen molar-refractivity contribution in [3.63, 3.8) is 0 Å². The second-order valence-corrected chi connectivity index (χ2v) is 5.29. The molecule has 0 saturated carbocycles. The molecule has 19 heavy (non-hydrogen) atoms. The number of hydrogen-bond donors (Lipinski definition) is 1. The molecule has 2 heterocycles. The lowest BCUT2D eigenvalue weighted by atomic mass is 10.2. The number of morpholine rings is 1. The van der Waals surface area contributed by atoms with Gasteiger partial charge in [-0.2, -0.15) is 0 Å². The Bertz CT molecular complexity index is 571. The molecule has 5 heteroatoms. The van der Waals surface area contributed by atoms with Crippen LogP contribution in [0.1, 0.15) is 19.7 Å². The summed E-state index contributed by atoms with van der Waals surface area (Å²) in [6.07, 6.45) is 0.507. The Hall–Kier alpha value is -1.59. The van der Waals surface area contributed by atoms with Gasteiger partial charge in [0.05, 0.1) is 18.8 Å². The van der Waals surface area contributed by atoms with Crippen LogP contribution in [0.25, 0.3) is 11.1 Å². The lowest BCUT2D eigenvalue weighted by molar-refractivity contribution is -0.0721. The first kappa shape index (κ1) is 12.4. The summed E-state index contributed by atoms with van der Waals surface area (Å²) < 4.78 is 11.5. The fourth-order valence-corrected chi connectivity index (χ4v) is 2.66. The van der Waals surface area contributed by atoms with Crippen LogP contribution in [0.2, 0.25) is 0 Å². The van der Waals surface area contributed by atoms with E-state index in [-0.39, 0.29) is 12.2 Å². The van der Waals surface area contributed by atoms with Gasteiger partial charge in [0.1, 0.15) is 5.52 Å². The van der Waals surface area contributed by atoms with E-state index in [1.54, 1.807) is 0 Å². The number of fused-ring (bicyclic) bond motifs is 1. The van der Waals surface area contributed by atoms with Crippen molar-refractivity contribution in [1.29, 1.82) is 0 Å². The standard InChI is InChI=1S/C14H19N3O2/c1-9-6-17(7-10(2)18-9)8-14-16-12-5-11(15)3-4-13(12)19-14/h3-5,9-10H,6-8,15H2,1-2H3/t9-,10+. The van der Waals surface area contributed by atoms with Gasteiger partial charge in [-0.3, -0.25) is 4.90 Å². The largest absolute Gasteiger partial charge is 0.439 e. The molecule has 1 aliphatic rings. The number of nitrogens with zero attached hydrogens (tertiary/aromatic N) is 2. The summed E-state index contributed by atoms with van der Waals surface area (Å²) in [6.45, 7) is 6.72. The van der Waals surface area contributed by atoms with E-state index in [9.17, 15) is 0 Å². The molecule has 2 atom stereocenters. The lowest BCUT2D eigenvalue weighted by Gasteiger charge is -2.34.